The van der Waals surface area contributed by atoms with Gasteiger partial charge >= 0.3 is 0 Å². The minimum absolute atomic E-state index is 0.0954. The number of rotatable bonds is 5. The molecule has 0 radical (unpaired) electrons. The Hall–Kier alpha value is -3.21. The highest BCUT2D eigenvalue weighted by molar-refractivity contribution is 6.06. The summed E-state index contributed by atoms with van der Waals surface area (Å²) >= 11 is 0. The molecular formula is C18H15N3O2. The van der Waals surface area contributed by atoms with Crippen LogP contribution >= 0.6 is 0 Å². The highest BCUT2D eigenvalue weighted by Gasteiger charge is 2.03. The van der Waals surface area contributed by atoms with Crippen LogP contribution in [0.5, 0.6) is 5.75 Å². The van der Waals surface area contributed by atoms with Gasteiger partial charge in [0.25, 0.3) is 0 Å². The smallest absolute Gasteiger partial charge is 0.185 e. The number of hydrogen-bond donors (Lipinski definition) is 0. The standard InChI is InChI=1S/C18H15N3O2/c1-23-17-10-7-14(8-11-17)18(22)12-9-15-13-19-21(20-15)16-5-3-2-4-6-16/h2-13H,1H3/b12-9+. The van der Waals surface area contributed by atoms with Crippen LogP contribution in [0.25, 0.3) is 11.8 Å². The first-order valence-electron chi connectivity index (χ1n) is 7.10. The number of methoxy groups -OCH3 is 1. The first-order valence-corrected chi connectivity index (χ1v) is 7.10. The molecule has 0 N–H and O–H groups in total. The van der Waals surface area contributed by atoms with Crippen LogP contribution in [0, 0.1) is 0 Å². The van der Waals surface area contributed by atoms with Gasteiger partial charge in [0, 0.05) is 5.56 Å². The summed E-state index contributed by atoms with van der Waals surface area (Å²) in [5, 5.41) is 8.51. The van der Waals surface area contributed by atoms with E-state index in [2.05, 4.69) is 10.2 Å². The molecule has 0 saturated carbocycles. The second-order valence-corrected chi connectivity index (χ2v) is 4.82. The third kappa shape index (κ3) is 3.52. The zero-order valence-electron chi connectivity index (χ0n) is 12.6. The van der Waals surface area contributed by atoms with E-state index in [9.17, 15) is 4.79 Å². The molecule has 0 fully saturated rings. The Morgan fingerprint density at radius 1 is 1.09 bits per heavy atom. The average Bonchev–Trinajstić information content (AvgIpc) is 3.09. The quantitative estimate of drug-likeness (QED) is 0.536. The molecule has 0 atom stereocenters. The van der Waals surface area contributed by atoms with Crippen molar-refractivity contribution in [2.24, 2.45) is 0 Å². The van der Waals surface area contributed by atoms with Crippen molar-refractivity contribution >= 4 is 11.9 Å². The number of aromatic nitrogens is 3. The summed E-state index contributed by atoms with van der Waals surface area (Å²) in [6, 6.07) is 16.6. The molecular weight excluding hydrogens is 290 g/mol. The summed E-state index contributed by atoms with van der Waals surface area (Å²) < 4.78 is 5.07. The van der Waals surface area contributed by atoms with Gasteiger partial charge in [0.15, 0.2) is 5.78 Å². The Bertz CT molecular complexity index is 821. The molecule has 23 heavy (non-hydrogen) atoms. The molecule has 0 aliphatic heterocycles. The van der Waals surface area contributed by atoms with Gasteiger partial charge in [0.05, 0.1) is 19.0 Å². The zero-order chi connectivity index (χ0) is 16.1. The lowest BCUT2D eigenvalue weighted by atomic mass is 10.1. The molecule has 0 unspecified atom stereocenters. The van der Waals surface area contributed by atoms with Gasteiger partial charge in [-0.1, -0.05) is 18.2 Å². The Morgan fingerprint density at radius 2 is 1.83 bits per heavy atom. The number of hydrogen-bond acceptors (Lipinski definition) is 4. The number of para-hydroxylation sites is 1. The predicted octanol–water partition coefficient (Wildman–Crippen LogP) is 3.17. The zero-order valence-corrected chi connectivity index (χ0v) is 12.6. The van der Waals surface area contributed by atoms with E-state index in [1.54, 1.807) is 43.6 Å². The minimum Gasteiger partial charge on any atom is -0.497 e. The summed E-state index contributed by atoms with van der Waals surface area (Å²) in [7, 11) is 1.59. The van der Waals surface area contributed by atoms with Gasteiger partial charge in [0.1, 0.15) is 11.4 Å². The van der Waals surface area contributed by atoms with Gasteiger partial charge in [-0.25, -0.2) is 0 Å². The maximum Gasteiger partial charge on any atom is 0.185 e. The van der Waals surface area contributed by atoms with Gasteiger partial charge in [-0.05, 0) is 48.6 Å². The van der Waals surface area contributed by atoms with Gasteiger partial charge in [-0.2, -0.15) is 9.90 Å². The van der Waals surface area contributed by atoms with Crippen molar-refractivity contribution in [1.82, 2.24) is 15.0 Å². The highest BCUT2D eigenvalue weighted by atomic mass is 16.5. The van der Waals surface area contributed by atoms with Crippen LogP contribution in [0.4, 0.5) is 0 Å². The van der Waals surface area contributed by atoms with Crippen LogP contribution in [0.3, 0.4) is 0 Å². The fraction of sp³-hybridized carbons (Fsp3) is 0.0556. The molecule has 5 heteroatoms. The summed E-state index contributed by atoms with van der Waals surface area (Å²) in [6.45, 7) is 0. The first-order chi connectivity index (χ1) is 11.3. The van der Waals surface area contributed by atoms with Gasteiger partial charge in [0.2, 0.25) is 0 Å². The van der Waals surface area contributed by atoms with Gasteiger partial charge < -0.3 is 4.74 Å². The van der Waals surface area contributed by atoms with E-state index in [-0.39, 0.29) is 5.78 Å². The fourth-order valence-electron chi connectivity index (χ4n) is 2.05. The van der Waals surface area contributed by atoms with E-state index >= 15 is 0 Å². The second-order valence-electron chi connectivity index (χ2n) is 4.82. The molecule has 114 valence electrons. The molecule has 3 rings (SSSR count). The van der Waals surface area contributed by atoms with Crippen molar-refractivity contribution in [2.75, 3.05) is 7.11 Å². The van der Waals surface area contributed by atoms with Crippen LogP contribution in [0.2, 0.25) is 0 Å². The first kappa shape index (κ1) is 14.7. The fourth-order valence-corrected chi connectivity index (χ4v) is 2.05. The number of benzene rings is 2. The van der Waals surface area contributed by atoms with Crippen molar-refractivity contribution in [3.05, 3.63) is 78.1 Å². The largest absolute Gasteiger partial charge is 0.497 e. The Morgan fingerprint density at radius 3 is 2.52 bits per heavy atom. The SMILES string of the molecule is COc1ccc(C(=O)/C=C/c2cnn(-c3ccccc3)n2)cc1. The normalized spacial score (nSPS) is 10.8. The van der Waals surface area contributed by atoms with Crippen molar-refractivity contribution in [1.29, 1.82) is 0 Å². The summed E-state index contributed by atoms with van der Waals surface area (Å²) in [5.41, 5.74) is 2.09. The van der Waals surface area contributed by atoms with Gasteiger partial charge in [-0.3, -0.25) is 4.79 Å². The topological polar surface area (TPSA) is 57.0 Å². The molecule has 1 aromatic heterocycles. The maximum atomic E-state index is 12.1. The number of allylic oxidation sites excluding steroid dienone is 1. The van der Waals surface area contributed by atoms with Crippen molar-refractivity contribution in [3.63, 3.8) is 0 Å². The van der Waals surface area contributed by atoms with E-state index in [1.165, 1.54) is 10.9 Å². The molecule has 3 aromatic rings. The molecule has 5 nitrogen and oxygen atoms in total. The number of ether oxygens (including phenoxy) is 1. The lowest BCUT2D eigenvalue weighted by Gasteiger charge is -1.99. The molecule has 1 heterocycles. The van der Waals surface area contributed by atoms with Crippen LogP contribution in [-0.4, -0.2) is 27.9 Å². The summed E-state index contributed by atoms with van der Waals surface area (Å²) in [5.74, 6) is 0.623. The molecule has 2 aromatic carbocycles. The Kier molecular flexibility index (Phi) is 4.29. The van der Waals surface area contributed by atoms with E-state index in [0.29, 0.717) is 11.3 Å². The molecule has 0 aliphatic carbocycles. The molecule has 0 bridgehead atoms. The van der Waals surface area contributed by atoms with E-state index < -0.39 is 0 Å². The number of nitrogens with zero attached hydrogens (tertiary/aromatic N) is 3. The monoisotopic (exact) mass is 305 g/mol. The van der Waals surface area contributed by atoms with Crippen molar-refractivity contribution in [3.8, 4) is 11.4 Å². The molecule has 0 spiro atoms. The van der Waals surface area contributed by atoms with Gasteiger partial charge in [-0.15, -0.1) is 5.10 Å². The van der Waals surface area contributed by atoms with Crippen LogP contribution < -0.4 is 4.74 Å². The van der Waals surface area contributed by atoms with Crippen LogP contribution in [-0.2, 0) is 0 Å². The highest BCUT2D eigenvalue weighted by Crippen LogP contribution is 2.12. The van der Waals surface area contributed by atoms with Crippen LogP contribution in [0.15, 0.2) is 66.9 Å². The molecule has 0 saturated heterocycles. The third-order valence-corrected chi connectivity index (χ3v) is 3.28. The van der Waals surface area contributed by atoms with Crippen molar-refractivity contribution < 1.29 is 9.53 Å². The Balaban J connectivity index is 1.72. The predicted molar refractivity (Wildman–Crippen MR) is 87.7 cm³/mol. The Labute approximate surface area is 133 Å². The molecule has 0 amide bonds. The maximum absolute atomic E-state index is 12.1. The second kappa shape index (κ2) is 6.70. The average molecular weight is 305 g/mol. The third-order valence-electron chi connectivity index (χ3n) is 3.28. The van der Waals surface area contributed by atoms with Crippen LogP contribution in [0.1, 0.15) is 16.1 Å². The lowest BCUT2D eigenvalue weighted by Crippen LogP contribution is -1.98. The number of ketones is 1. The number of carbonyl (C=O) groups excluding carboxylic acids is 1. The lowest BCUT2D eigenvalue weighted by molar-refractivity contribution is 0.104. The minimum atomic E-state index is -0.0954. The van der Waals surface area contributed by atoms with E-state index in [1.807, 2.05) is 30.3 Å². The number of carbonyl (C=O) groups is 1. The van der Waals surface area contributed by atoms with E-state index in [4.69, 9.17) is 4.74 Å². The molecule has 0 aliphatic rings. The summed E-state index contributed by atoms with van der Waals surface area (Å²) in [6.07, 6.45) is 4.75. The van der Waals surface area contributed by atoms with Crippen molar-refractivity contribution in [2.45, 2.75) is 0 Å². The van der Waals surface area contributed by atoms with E-state index in [0.717, 1.165) is 11.4 Å². The summed E-state index contributed by atoms with van der Waals surface area (Å²) in [4.78, 5) is 13.6.